The van der Waals surface area contributed by atoms with Crippen molar-refractivity contribution >= 4 is 11.9 Å². The Kier molecular flexibility index (Phi) is 8.97. The second-order valence-electron chi connectivity index (χ2n) is 7.76. The monoisotopic (exact) mass is 425 g/mol. The Morgan fingerprint density at radius 1 is 1.03 bits per heavy atom. The summed E-state index contributed by atoms with van der Waals surface area (Å²) in [6, 6.07) is 11.8. The third-order valence-electron chi connectivity index (χ3n) is 5.48. The maximum atomic E-state index is 11.9. The summed E-state index contributed by atoms with van der Waals surface area (Å²) in [5.41, 5.74) is 1.73. The molecule has 168 valence electrons. The molecule has 31 heavy (non-hydrogen) atoms. The first kappa shape index (κ1) is 22.9. The van der Waals surface area contributed by atoms with E-state index in [1.54, 1.807) is 6.26 Å². The van der Waals surface area contributed by atoms with Crippen molar-refractivity contribution in [2.45, 2.75) is 45.7 Å². The summed E-state index contributed by atoms with van der Waals surface area (Å²) in [5, 5.41) is 9.64. The zero-order valence-corrected chi connectivity index (χ0v) is 18.7. The molecule has 3 rings (SSSR count). The Balaban J connectivity index is 1.62. The van der Waals surface area contributed by atoms with Crippen LogP contribution in [0, 0.1) is 0 Å². The van der Waals surface area contributed by atoms with Crippen molar-refractivity contribution in [2.24, 2.45) is 4.99 Å². The van der Waals surface area contributed by atoms with Crippen molar-refractivity contribution in [2.75, 3.05) is 32.7 Å². The van der Waals surface area contributed by atoms with Crippen LogP contribution in [0.4, 0.5) is 0 Å². The fourth-order valence-electron chi connectivity index (χ4n) is 3.85. The number of piperidine rings is 1. The van der Waals surface area contributed by atoms with Gasteiger partial charge in [-0.15, -0.1) is 0 Å². The number of carbonyl (C=O) groups is 1. The highest BCUT2D eigenvalue weighted by atomic mass is 16.3. The number of carbonyl (C=O) groups excluding carboxylic acids is 1. The molecule has 0 saturated carbocycles. The smallest absolute Gasteiger partial charge is 0.251 e. The summed E-state index contributed by atoms with van der Waals surface area (Å²) < 4.78 is 5.74. The minimum atomic E-state index is -0.0470. The zero-order valence-electron chi connectivity index (χ0n) is 18.7. The lowest BCUT2D eigenvalue weighted by Gasteiger charge is -2.33. The Morgan fingerprint density at radius 2 is 1.77 bits per heavy atom. The maximum Gasteiger partial charge on any atom is 0.251 e. The molecule has 0 bridgehead atoms. The second kappa shape index (κ2) is 12.2. The van der Waals surface area contributed by atoms with Crippen molar-refractivity contribution in [3.8, 4) is 0 Å². The van der Waals surface area contributed by atoms with Gasteiger partial charge in [0.2, 0.25) is 0 Å². The molecule has 7 nitrogen and oxygen atoms in total. The van der Waals surface area contributed by atoms with E-state index in [4.69, 9.17) is 9.41 Å². The van der Waals surface area contributed by atoms with Crippen LogP contribution < -0.4 is 16.0 Å². The van der Waals surface area contributed by atoms with Crippen LogP contribution in [0.2, 0.25) is 0 Å². The molecule has 1 aliphatic heterocycles. The van der Waals surface area contributed by atoms with Crippen LogP contribution in [-0.2, 0) is 6.54 Å². The van der Waals surface area contributed by atoms with Gasteiger partial charge in [-0.2, -0.15) is 0 Å². The molecule has 0 aliphatic carbocycles. The quantitative estimate of drug-likeness (QED) is 0.424. The van der Waals surface area contributed by atoms with Crippen molar-refractivity contribution in [3.63, 3.8) is 0 Å². The van der Waals surface area contributed by atoms with E-state index in [-0.39, 0.29) is 11.9 Å². The van der Waals surface area contributed by atoms with Crippen LogP contribution in [0.25, 0.3) is 0 Å². The van der Waals surface area contributed by atoms with Gasteiger partial charge in [0.25, 0.3) is 5.91 Å². The molecule has 1 aliphatic rings. The molecule has 1 fully saturated rings. The highest BCUT2D eigenvalue weighted by molar-refractivity contribution is 5.94. The Hall–Kier alpha value is -2.80. The van der Waals surface area contributed by atoms with E-state index in [1.807, 2.05) is 37.3 Å². The van der Waals surface area contributed by atoms with Crippen LogP contribution in [0.5, 0.6) is 0 Å². The summed E-state index contributed by atoms with van der Waals surface area (Å²) in [5.74, 6) is 1.73. The van der Waals surface area contributed by atoms with E-state index >= 15 is 0 Å². The molecule has 2 aromatic rings. The summed E-state index contributed by atoms with van der Waals surface area (Å²) in [4.78, 5) is 19.2. The predicted molar refractivity (Wildman–Crippen MR) is 124 cm³/mol. The molecule has 7 heteroatoms. The van der Waals surface area contributed by atoms with Gasteiger partial charge in [-0.3, -0.25) is 9.69 Å². The topological polar surface area (TPSA) is 81.9 Å². The number of nitrogens with zero attached hydrogens (tertiary/aromatic N) is 2. The standard InChI is InChI=1S/C24H35N5O2/c1-3-25-23(30)20-12-10-19(11-13-20)17-27-24(26-4-2)28-18-21(22-9-8-16-31-22)29-14-6-5-7-15-29/h8-13,16,21H,3-7,14-15,17-18H2,1-2H3,(H,25,30)(H2,26,27,28). The normalized spacial score (nSPS) is 16.0. The third-order valence-corrected chi connectivity index (χ3v) is 5.48. The van der Waals surface area contributed by atoms with Crippen molar-refractivity contribution in [1.29, 1.82) is 0 Å². The zero-order chi connectivity index (χ0) is 21.9. The first-order valence-corrected chi connectivity index (χ1v) is 11.4. The molecule has 1 saturated heterocycles. The number of hydrogen-bond donors (Lipinski definition) is 3. The van der Waals surface area contributed by atoms with Gasteiger partial charge < -0.3 is 20.4 Å². The van der Waals surface area contributed by atoms with Crippen molar-refractivity contribution in [3.05, 3.63) is 59.5 Å². The number of aliphatic imine (C=N–C) groups is 1. The Labute approximate surface area is 185 Å². The fourth-order valence-corrected chi connectivity index (χ4v) is 3.85. The SMILES string of the molecule is CCNC(=O)c1ccc(CN=C(NCC)NCC(c2ccco2)N2CCCCC2)cc1. The first-order chi connectivity index (χ1) is 15.2. The number of amides is 1. The molecule has 0 spiro atoms. The molecular weight excluding hydrogens is 390 g/mol. The van der Waals surface area contributed by atoms with Crippen molar-refractivity contribution < 1.29 is 9.21 Å². The molecule has 1 unspecified atom stereocenters. The van der Waals surface area contributed by atoms with Gasteiger partial charge in [0, 0.05) is 25.2 Å². The third kappa shape index (κ3) is 6.85. The molecule has 2 heterocycles. The van der Waals surface area contributed by atoms with E-state index < -0.39 is 0 Å². The lowest BCUT2D eigenvalue weighted by atomic mass is 10.1. The number of guanidine groups is 1. The van der Waals surface area contributed by atoms with Gasteiger partial charge in [-0.05, 0) is 69.6 Å². The van der Waals surface area contributed by atoms with Gasteiger partial charge in [0.15, 0.2) is 5.96 Å². The van der Waals surface area contributed by atoms with E-state index in [2.05, 4.69) is 33.8 Å². The summed E-state index contributed by atoms with van der Waals surface area (Å²) in [6.45, 7) is 8.86. The number of hydrogen-bond acceptors (Lipinski definition) is 4. The van der Waals surface area contributed by atoms with Gasteiger partial charge in [-0.1, -0.05) is 18.6 Å². The lowest BCUT2D eigenvalue weighted by Crippen LogP contribution is -2.44. The minimum absolute atomic E-state index is 0.0470. The Bertz CT molecular complexity index is 811. The van der Waals surface area contributed by atoms with Gasteiger partial charge >= 0.3 is 0 Å². The Morgan fingerprint density at radius 3 is 2.42 bits per heavy atom. The average molecular weight is 426 g/mol. The van der Waals surface area contributed by atoms with E-state index in [0.717, 1.165) is 43.5 Å². The molecular formula is C24H35N5O2. The molecule has 1 atom stereocenters. The first-order valence-electron chi connectivity index (χ1n) is 11.4. The van der Waals surface area contributed by atoms with Gasteiger partial charge in [0.05, 0.1) is 18.8 Å². The lowest BCUT2D eigenvalue weighted by molar-refractivity contribution is 0.0956. The number of likely N-dealkylation sites (tertiary alicyclic amines) is 1. The molecule has 1 amide bonds. The van der Waals surface area contributed by atoms with Crippen molar-refractivity contribution in [1.82, 2.24) is 20.9 Å². The summed E-state index contributed by atoms with van der Waals surface area (Å²) >= 11 is 0. The predicted octanol–water partition coefficient (Wildman–Crippen LogP) is 3.31. The van der Waals surface area contributed by atoms with E-state index in [0.29, 0.717) is 18.7 Å². The summed E-state index contributed by atoms with van der Waals surface area (Å²) in [6.07, 6.45) is 5.52. The number of rotatable bonds is 9. The number of furan rings is 1. The van der Waals surface area contributed by atoms with Crippen LogP contribution in [0.3, 0.4) is 0 Å². The molecule has 1 aromatic heterocycles. The second-order valence-corrected chi connectivity index (χ2v) is 7.76. The average Bonchev–Trinajstić information content (AvgIpc) is 3.33. The minimum Gasteiger partial charge on any atom is -0.468 e. The number of benzene rings is 1. The fraction of sp³-hybridized carbons (Fsp3) is 0.500. The van der Waals surface area contributed by atoms with Crippen LogP contribution in [0.15, 0.2) is 52.1 Å². The van der Waals surface area contributed by atoms with E-state index in [1.165, 1.54) is 19.3 Å². The van der Waals surface area contributed by atoms with Crippen LogP contribution in [0.1, 0.15) is 60.8 Å². The maximum absolute atomic E-state index is 11.9. The van der Waals surface area contributed by atoms with Crippen LogP contribution >= 0.6 is 0 Å². The molecule has 0 radical (unpaired) electrons. The largest absolute Gasteiger partial charge is 0.468 e. The van der Waals surface area contributed by atoms with Crippen LogP contribution in [-0.4, -0.2) is 49.5 Å². The highest BCUT2D eigenvalue weighted by Gasteiger charge is 2.24. The molecule has 1 aromatic carbocycles. The van der Waals surface area contributed by atoms with E-state index in [9.17, 15) is 4.79 Å². The highest BCUT2D eigenvalue weighted by Crippen LogP contribution is 2.24. The van der Waals surface area contributed by atoms with Gasteiger partial charge in [-0.25, -0.2) is 4.99 Å². The number of nitrogens with one attached hydrogen (secondary N) is 3. The summed E-state index contributed by atoms with van der Waals surface area (Å²) in [7, 11) is 0. The van der Waals surface area contributed by atoms with Gasteiger partial charge in [0.1, 0.15) is 5.76 Å². The molecule has 3 N–H and O–H groups in total.